The van der Waals surface area contributed by atoms with Crippen LogP contribution in [0.2, 0.25) is 0 Å². The molecular weight excluding hydrogens is 515 g/mol. The Morgan fingerprint density at radius 2 is 1.77 bits per heavy atom. The third-order valence-corrected chi connectivity index (χ3v) is 8.37. The van der Waals surface area contributed by atoms with Crippen molar-refractivity contribution in [3.05, 3.63) is 115 Å². The first kappa shape index (κ1) is 24.6. The minimum atomic E-state index is -4.00. The van der Waals surface area contributed by atoms with E-state index in [9.17, 15) is 12.8 Å². The first-order chi connectivity index (χ1) is 18.9. The molecule has 6 rings (SSSR count). The molecule has 1 N–H and O–H groups in total. The Morgan fingerprint density at radius 1 is 0.923 bits per heavy atom. The summed E-state index contributed by atoms with van der Waals surface area (Å²) in [4.78, 5) is 11.6. The number of hydrogen-bond acceptors (Lipinski definition) is 5. The van der Waals surface area contributed by atoms with Crippen molar-refractivity contribution in [1.82, 2.24) is 15.0 Å². The van der Waals surface area contributed by atoms with Crippen LogP contribution < -0.4 is 9.04 Å². The molecular formula is C30H23FN4O3S. The lowest BCUT2D eigenvalue weighted by Crippen LogP contribution is -2.31. The zero-order valence-electron chi connectivity index (χ0n) is 20.9. The van der Waals surface area contributed by atoms with Crippen LogP contribution in [0.4, 0.5) is 10.2 Å². The lowest BCUT2D eigenvalue weighted by Gasteiger charge is -2.24. The number of rotatable bonds is 7. The Bertz CT molecular complexity index is 1910. The maximum Gasteiger partial charge on any atom is 0.265 e. The Balaban J connectivity index is 1.41. The van der Waals surface area contributed by atoms with Crippen LogP contribution >= 0.6 is 0 Å². The van der Waals surface area contributed by atoms with Crippen molar-refractivity contribution >= 4 is 37.5 Å². The van der Waals surface area contributed by atoms with Crippen molar-refractivity contribution in [2.75, 3.05) is 11.4 Å². The fourth-order valence-corrected chi connectivity index (χ4v) is 6.09. The van der Waals surface area contributed by atoms with Gasteiger partial charge in [-0.3, -0.25) is 0 Å². The molecule has 2 heterocycles. The monoisotopic (exact) mass is 538 g/mol. The van der Waals surface area contributed by atoms with Crippen LogP contribution in [0, 0.1) is 5.82 Å². The summed E-state index contributed by atoms with van der Waals surface area (Å²) in [6, 6.07) is 26.0. The molecule has 0 aliphatic rings. The fourth-order valence-electron chi connectivity index (χ4n) is 4.65. The molecule has 0 amide bonds. The number of ether oxygens (including phenoxy) is 1. The molecule has 0 saturated heterocycles. The molecule has 0 unspecified atom stereocenters. The highest BCUT2D eigenvalue weighted by molar-refractivity contribution is 7.92. The Labute approximate surface area is 224 Å². The Morgan fingerprint density at radius 3 is 2.54 bits per heavy atom. The first-order valence-electron chi connectivity index (χ1n) is 12.2. The van der Waals surface area contributed by atoms with Crippen LogP contribution in [-0.4, -0.2) is 30.5 Å². The van der Waals surface area contributed by atoms with Gasteiger partial charge in [-0.2, -0.15) is 0 Å². The summed E-state index contributed by atoms with van der Waals surface area (Å²) in [5.41, 5.74) is 3.30. The topological polar surface area (TPSA) is 88.2 Å². The SMILES string of the molecule is COc1ccc(CN(c2ccncn2)S(=O)(=O)c2ccc3c(-c4cc5cc(F)ccc5[nH]4)cccc3c2)cc1. The number of fused-ring (bicyclic) bond motifs is 2. The van der Waals surface area contributed by atoms with Crippen LogP contribution in [0.5, 0.6) is 5.75 Å². The second-order valence-corrected chi connectivity index (χ2v) is 10.9. The molecule has 0 bridgehead atoms. The molecule has 2 aromatic heterocycles. The van der Waals surface area contributed by atoms with Gasteiger partial charge < -0.3 is 9.72 Å². The number of benzene rings is 4. The summed E-state index contributed by atoms with van der Waals surface area (Å²) in [5.74, 6) is 0.643. The van der Waals surface area contributed by atoms with E-state index in [0.29, 0.717) is 5.75 Å². The van der Waals surface area contributed by atoms with E-state index in [-0.39, 0.29) is 23.1 Å². The minimum absolute atomic E-state index is 0.0764. The van der Waals surface area contributed by atoms with Gasteiger partial charge in [0.25, 0.3) is 10.0 Å². The average molecular weight is 539 g/mol. The number of H-pyrrole nitrogens is 1. The van der Waals surface area contributed by atoms with Gasteiger partial charge in [-0.15, -0.1) is 0 Å². The Hall–Kier alpha value is -4.76. The van der Waals surface area contributed by atoms with E-state index in [1.807, 2.05) is 36.4 Å². The number of aromatic amines is 1. The number of sulfonamides is 1. The average Bonchev–Trinajstić information content (AvgIpc) is 3.39. The van der Waals surface area contributed by atoms with Crippen LogP contribution in [-0.2, 0) is 16.6 Å². The zero-order chi connectivity index (χ0) is 27.0. The van der Waals surface area contributed by atoms with Gasteiger partial charge in [-0.1, -0.05) is 36.4 Å². The lowest BCUT2D eigenvalue weighted by molar-refractivity contribution is 0.414. The van der Waals surface area contributed by atoms with Crippen LogP contribution in [0.15, 0.2) is 108 Å². The van der Waals surface area contributed by atoms with E-state index < -0.39 is 10.0 Å². The summed E-state index contributed by atoms with van der Waals surface area (Å²) in [6.07, 6.45) is 2.84. The second kappa shape index (κ2) is 9.85. The summed E-state index contributed by atoms with van der Waals surface area (Å²) < 4.78 is 48.2. The molecule has 7 nitrogen and oxygen atoms in total. The summed E-state index contributed by atoms with van der Waals surface area (Å²) in [7, 11) is -2.42. The molecule has 4 aromatic carbocycles. The maximum atomic E-state index is 14.0. The predicted molar refractivity (Wildman–Crippen MR) is 150 cm³/mol. The Kier molecular flexibility index (Phi) is 6.20. The molecule has 194 valence electrons. The first-order valence-corrected chi connectivity index (χ1v) is 13.6. The van der Waals surface area contributed by atoms with Crippen molar-refractivity contribution in [3.8, 4) is 17.0 Å². The van der Waals surface area contributed by atoms with E-state index >= 15 is 0 Å². The van der Waals surface area contributed by atoms with Gasteiger partial charge in [0, 0.05) is 34.4 Å². The minimum Gasteiger partial charge on any atom is -0.497 e. The smallest absolute Gasteiger partial charge is 0.265 e. The molecule has 0 aliphatic carbocycles. The summed E-state index contributed by atoms with van der Waals surface area (Å²) >= 11 is 0. The maximum absolute atomic E-state index is 14.0. The molecule has 6 aromatic rings. The molecule has 0 spiro atoms. The van der Waals surface area contributed by atoms with Gasteiger partial charge in [0.05, 0.1) is 18.6 Å². The number of anilines is 1. The van der Waals surface area contributed by atoms with Crippen molar-refractivity contribution in [3.63, 3.8) is 0 Å². The van der Waals surface area contributed by atoms with Crippen LogP contribution in [0.1, 0.15) is 5.56 Å². The number of methoxy groups -OCH3 is 1. The molecule has 0 atom stereocenters. The zero-order valence-corrected chi connectivity index (χ0v) is 21.7. The molecule has 0 radical (unpaired) electrons. The molecule has 39 heavy (non-hydrogen) atoms. The number of nitrogens with one attached hydrogen (secondary N) is 1. The van der Waals surface area contributed by atoms with Crippen molar-refractivity contribution in [1.29, 1.82) is 0 Å². The van der Waals surface area contributed by atoms with Gasteiger partial charge in [0.15, 0.2) is 0 Å². The second-order valence-electron chi connectivity index (χ2n) is 9.03. The van der Waals surface area contributed by atoms with E-state index in [1.165, 1.54) is 29.0 Å². The van der Waals surface area contributed by atoms with Crippen molar-refractivity contribution in [2.45, 2.75) is 11.4 Å². The molecule has 0 fully saturated rings. The van der Waals surface area contributed by atoms with E-state index in [0.717, 1.165) is 38.5 Å². The third kappa shape index (κ3) is 4.68. The fraction of sp³-hybridized carbons (Fsp3) is 0.0667. The summed E-state index contributed by atoms with van der Waals surface area (Å²) in [6.45, 7) is 0.0764. The van der Waals surface area contributed by atoms with Gasteiger partial charge in [-0.25, -0.2) is 27.1 Å². The number of halogens is 1. The van der Waals surface area contributed by atoms with Crippen molar-refractivity contribution < 1.29 is 17.5 Å². The van der Waals surface area contributed by atoms with Crippen LogP contribution in [0.25, 0.3) is 32.9 Å². The highest BCUT2D eigenvalue weighted by Crippen LogP contribution is 2.33. The number of aromatic nitrogens is 3. The molecule has 0 saturated carbocycles. The van der Waals surface area contributed by atoms with Gasteiger partial charge >= 0.3 is 0 Å². The van der Waals surface area contributed by atoms with Gasteiger partial charge in [-0.05, 0) is 64.9 Å². The quantitative estimate of drug-likeness (QED) is 0.257. The third-order valence-electron chi connectivity index (χ3n) is 6.62. The van der Waals surface area contributed by atoms with E-state index in [2.05, 4.69) is 15.0 Å². The highest BCUT2D eigenvalue weighted by atomic mass is 32.2. The van der Waals surface area contributed by atoms with Gasteiger partial charge in [0.2, 0.25) is 0 Å². The highest BCUT2D eigenvalue weighted by Gasteiger charge is 2.27. The van der Waals surface area contributed by atoms with Crippen molar-refractivity contribution in [2.24, 2.45) is 0 Å². The largest absolute Gasteiger partial charge is 0.497 e. The summed E-state index contributed by atoms with van der Waals surface area (Å²) in [5, 5.41) is 2.39. The molecule has 0 aliphatic heterocycles. The predicted octanol–water partition coefficient (Wildman–Crippen LogP) is 6.32. The number of hydrogen-bond donors (Lipinski definition) is 1. The lowest BCUT2D eigenvalue weighted by atomic mass is 10.0. The standard InChI is InChI=1S/C30H23FN4O3S/c1-38-24-8-5-20(6-9-24)18-35(30-13-14-32-19-33-30)39(36,37)25-10-11-26-21(16-25)3-2-4-27(26)29-17-22-15-23(31)7-12-28(22)34-29/h2-17,19,34H,18H2,1H3. The normalized spacial score (nSPS) is 11.6. The molecule has 9 heteroatoms. The van der Waals surface area contributed by atoms with E-state index in [4.69, 9.17) is 4.74 Å². The van der Waals surface area contributed by atoms with Crippen LogP contribution in [0.3, 0.4) is 0 Å². The van der Waals surface area contributed by atoms with Gasteiger partial charge in [0.1, 0.15) is 23.7 Å². The number of nitrogens with zero attached hydrogens (tertiary/aromatic N) is 3. The van der Waals surface area contributed by atoms with E-state index in [1.54, 1.807) is 49.6 Å².